The van der Waals surface area contributed by atoms with E-state index in [4.69, 9.17) is 0 Å². The fourth-order valence-corrected chi connectivity index (χ4v) is 4.46. The van der Waals surface area contributed by atoms with Crippen molar-refractivity contribution in [1.82, 2.24) is 0 Å². The molecule has 0 unspecified atom stereocenters. The molecule has 0 saturated carbocycles. The molecule has 0 heterocycles. The first-order valence-electron chi connectivity index (χ1n) is 7.69. The van der Waals surface area contributed by atoms with Gasteiger partial charge in [0.2, 0.25) is 0 Å². The predicted molar refractivity (Wildman–Crippen MR) is 92.1 cm³/mol. The van der Waals surface area contributed by atoms with E-state index in [1.54, 1.807) is 0 Å². The lowest BCUT2D eigenvalue weighted by atomic mass is 10.1. The zero-order chi connectivity index (χ0) is 13.8. The van der Waals surface area contributed by atoms with Gasteiger partial charge >= 0.3 is 0 Å². The molecule has 1 aromatic rings. The van der Waals surface area contributed by atoms with Crippen molar-refractivity contribution < 1.29 is 0 Å². The number of hydrogen-bond donors (Lipinski definition) is 0. The van der Waals surface area contributed by atoms with Crippen molar-refractivity contribution in [3.63, 3.8) is 0 Å². The van der Waals surface area contributed by atoms with E-state index in [1.807, 2.05) is 21.6 Å². The summed E-state index contributed by atoms with van der Waals surface area (Å²) in [7, 11) is 3.95. The van der Waals surface area contributed by atoms with Crippen molar-refractivity contribution >= 4 is 21.6 Å². The summed E-state index contributed by atoms with van der Waals surface area (Å²) in [6, 6.07) is 8.66. The molecule has 0 fully saturated rings. The molecule has 1 aromatic carbocycles. The molecule has 0 aliphatic rings. The second kappa shape index (κ2) is 11.7. The highest BCUT2D eigenvalue weighted by Crippen LogP contribution is 2.33. The number of aryl methyl sites for hydroxylation is 1. The first-order valence-corrected chi connectivity index (χ1v) is 10.0. The molecule has 0 aliphatic heterocycles. The molecule has 1 rings (SSSR count). The van der Waals surface area contributed by atoms with E-state index in [1.165, 1.54) is 67.6 Å². The summed E-state index contributed by atoms with van der Waals surface area (Å²) in [5.41, 5.74) is 1.40. The van der Waals surface area contributed by atoms with E-state index in [0.29, 0.717) is 0 Å². The summed E-state index contributed by atoms with van der Waals surface area (Å²) in [5, 5.41) is 0. The zero-order valence-electron chi connectivity index (χ0n) is 12.5. The van der Waals surface area contributed by atoms with Crippen LogP contribution in [0.3, 0.4) is 0 Å². The molecule has 2 heteroatoms. The summed E-state index contributed by atoms with van der Waals surface area (Å²) in [5.74, 6) is 1.29. The van der Waals surface area contributed by atoms with Gasteiger partial charge in [0.1, 0.15) is 0 Å². The molecule has 0 aromatic heterocycles. The molecule has 0 amide bonds. The standard InChI is InChI=1S/C17H28S2/c1-3-4-5-6-7-8-9-12-15-18-19-17-14-11-10-13-16(17)2/h10-11,13-14H,3-9,12,15H2,1-2H3. The van der Waals surface area contributed by atoms with Gasteiger partial charge < -0.3 is 0 Å². The van der Waals surface area contributed by atoms with Crippen molar-refractivity contribution in [1.29, 1.82) is 0 Å². The number of benzene rings is 1. The third kappa shape index (κ3) is 8.65. The van der Waals surface area contributed by atoms with Crippen LogP contribution in [0, 0.1) is 6.92 Å². The lowest BCUT2D eigenvalue weighted by molar-refractivity contribution is 0.586. The van der Waals surface area contributed by atoms with Gasteiger partial charge in [-0.2, -0.15) is 0 Å². The van der Waals surface area contributed by atoms with Crippen LogP contribution in [0.5, 0.6) is 0 Å². The lowest BCUT2D eigenvalue weighted by Crippen LogP contribution is -1.82. The van der Waals surface area contributed by atoms with Crippen molar-refractivity contribution in [2.45, 2.75) is 70.1 Å². The third-order valence-electron chi connectivity index (χ3n) is 3.32. The normalized spacial score (nSPS) is 10.8. The van der Waals surface area contributed by atoms with Gasteiger partial charge in [0, 0.05) is 10.6 Å². The van der Waals surface area contributed by atoms with Gasteiger partial charge in [0.15, 0.2) is 0 Å². The van der Waals surface area contributed by atoms with Crippen LogP contribution in [-0.4, -0.2) is 5.75 Å². The van der Waals surface area contributed by atoms with Gasteiger partial charge in [0.25, 0.3) is 0 Å². The second-order valence-electron chi connectivity index (χ2n) is 5.15. The highest BCUT2D eigenvalue weighted by molar-refractivity contribution is 8.76. The molecule has 108 valence electrons. The van der Waals surface area contributed by atoms with Crippen LogP contribution in [0.15, 0.2) is 29.2 Å². The molecule has 0 nitrogen and oxygen atoms in total. The Hall–Kier alpha value is -0.0800. The van der Waals surface area contributed by atoms with Crippen molar-refractivity contribution in [3.8, 4) is 0 Å². The topological polar surface area (TPSA) is 0 Å². The second-order valence-corrected chi connectivity index (χ2v) is 7.60. The zero-order valence-corrected chi connectivity index (χ0v) is 14.1. The van der Waals surface area contributed by atoms with Crippen molar-refractivity contribution in [3.05, 3.63) is 29.8 Å². The molecule has 0 radical (unpaired) electrons. The Labute approximate surface area is 127 Å². The summed E-state index contributed by atoms with van der Waals surface area (Å²) < 4.78 is 0. The summed E-state index contributed by atoms with van der Waals surface area (Å²) in [6.07, 6.45) is 11.3. The largest absolute Gasteiger partial charge is 0.0889 e. The van der Waals surface area contributed by atoms with Crippen LogP contribution in [0.1, 0.15) is 63.9 Å². The number of hydrogen-bond acceptors (Lipinski definition) is 2. The minimum Gasteiger partial charge on any atom is -0.0889 e. The highest BCUT2D eigenvalue weighted by atomic mass is 33.1. The van der Waals surface area contributed by atoms with Gasteiger partial charge in [-0.25, -0.2) is 0 Å². The Morgan fingerprint density at radius 1 is 0.842 bits per heavy atom. The number of unbranched alkanes of at least 4 members (excludes halogenated alkanes) is 7. The van der Waals surface area contributed by atoms with Crippen molar-refractivity contribution in [2.24, 2.45) is 0 Å². The van der Waals surface area contributed by atoms with Crippen LogP contribution in [0.4, 0.5) is 0 Å². The summed E-state index contributed by atoms with van der Waals surface area (Å²) >= 11 is 0. The van der Waals surface area contributed by atoms with Crippen LogP contribution < -0.4 is 0 Å². The molecule has 0 N–H and O–H groups in total. The quantitative estimate of drug-likeness (QED) is 0.322. The predicted octanol–water partition coefficient (Wildman–Crippen LogP) is 6.88. The van der Waals surface area contributed by atoms with E-state index in [-0.39, 0.29) is 0 Å². The molecule has 0 atom stereocenters. The average Bonchev–Trinajstić information content (AvgIpc) is 2.43. The highest BCUT2D eigenvalue weighted by Gasteiger charge is 1.98. The Kier molecular flexibility index (Phi) is 10.5. The molecule has 0 saturated heterocycles. The van der Waals surface area contributed by atoms with Crippen LogP contribution in [0.25, 0.3) is 0 Å². The third-order valence-corrected chi connectivity index (χ3v) is 5.93. The first kappa shape index (κ1) is 17.0. The summed E-state index contributed by atoms with van der Waals surface area (Å²) in [6.45, 7) is 4.47. The van der Waals surface area contributed by atoms with Gasteiger partial charge in [-0.3, -0.25) is 0 Å². The van der Waals surface area contributed by atoms with E-state index >= 15 is 0 Å². The van der Waals surface area contributed by atoms with E-state index in [9.17, 15) is 0 Å². The van der Waals surface area contributed by atoms with E-state index in [2.05, 4.69) is 38.1 Å². The van der Waals surface area contributed by atoms with Gasteiger partial charge in [-0.05, 0) is 25.0 Å². The maximum absolute atomic E-state index is 2.28. The molecular formula is C17H28S2. The fraction of sp³-hybridized carbons (Fsp3) is 0.647. The van der Waals surface area contributed by atoms with Crippen LogP contribution in [0.2, 0.25) is 0 Å². The summed E-state index contributed by atoms with van der Waals surface area (Å²) in [4.78, 5) is 1.42. The van der Waals surface area contributed by atoms with E-state index < -0.39 is 0 Å². The van der Waals surface area contributed by atoms with Gasteiger partial charge in [-0.1, -0.05) is 91.7 Å². The molecule has 0 spiro atoms. The van der Waals surface area contributed by atoms with Gasteiger partial charge in [-0.15, -0.1) is 0 Å². The maximum Gasteiger partial charge on any atom is 0.0212 e. The van der Waals surface area contributed by atoms with E-state index in [0.717, 1.165) is 0 Å². The maximum atomic E-state index is 2.28. The molecule has 0 bridgehead atoms. The van der Waals surface area contributed by atoms with Crippen LogP contribution >= 0.6 is 21.6 Å². The smallest absolute Gasteiger partial charge is 0.0212 e. The van der Waals surface area contributed by atoms with Crippen LogP contribution in [-0.2, 0) is 0 Å². The molecular weight excluding hydrogens is 268 g/mol. The Balaban J connectivity index is 1.90. The Morgan fingerprint density at radius 3 is 2.16 bits per heavy atom. The fourth-order valence-electron chi connectivity index (χ4n) is 2.05. The minimum absolute atomic E-state index is 1.29. The SMILES string of the molecule is CCCCCCCCCCSSc1ccccc1C. The Bertz CT molecular complexity index is 323. The van der Waals surface area contributed by atoms with Crippen molar-refractivity contribution in [2.75, 3.05) is 5.75 Å². The molecule has 19 heavy (non-hydrogen) atoms. The average molecular weight is 297 g/mol. The van der Waals surface area contributed by atoms with Gasteiger partial charge in [0.05, 0.1) is 0 Å². The minimum atomic E-state index is 1.29. The monoisotopic (exact) mass is 296 g/mol. The lowest BCUT2D eigenvalue weighted by Gasteiger charge is -2.04. The first-order chi connectivity index (χ1) is 9.34. The molecule has 0 aliphatic carbocycles. The Morgan fingerprint density at radius 2 is 1.47 bits per heavy atom. The number of rotatable bonds is 11.